The zero-order chi connectivity index (χ0) is 13.4. The molecule has 0 aromatic heterocycles. The fourth-order valence-corrected chi connectivity index (χ4v) is 5.14. The van der Waals surface area contributed by atoms with Crippen molar-refractivity contribution in [1.82, 2.24) is 9.62 Å². The van der Waals surface area contributed by atoms with Gasteiger partial charge in [0.2, 0.25) is 0 Å². The maximum Gasteiger partial charge on any atom is 0.137 e. The van der Waals surface area contributed by atoms with Crippen LogP contribution in [0.25, 0.3) is 0 Å². The first-order chi connectivity index (χ1) is 8.41. The molecule has 0 amide bonds. The molecule has 3 nitrogen and oxygen atoms in total. The summed E-state index contributed by atoms with van der Waals surface area (Å²) in [7, 11) is 0. The molecule has 0 radical (unpaired) electrons. The summed E-state index contributed by atoms with van der Waals surface area (Å²) in [4.78, 5) is 0. The van der Waals surface area contributed by atoms with Gasteiger partial charge in [0.25, 0.3) is 0 Å². The zero-order valence-electron chi connectivity index (χ0n) is 12.3. The van der Waals surface area contributed by atoms with Crippen molar-refractivity contribution in [1.29, 1.82) is 0 Å². The summed E-state index contributed by atoms with van der Waals surface area (Å²) < 4.78 is 14.7. The Labute approximate surface area is 115 Å². The number of hydrogen-bond acceptors (Lipinski definition) is 3. The molecule has 2 aliphatic heterocycles. The highest BCUT2D eigenvalue weighted by Gasteiger charge is 2.58. The average molecular weight is 272 g/mol. The van der Waals surface area contributed by atoms with Gasteiger partial charge in [-0.2, -0.15) is 0 Å². The van der Waals surface area contributed by atoms with Crippen molar-refractivity contribution in [3.63, 3.8) is 0 Å². The van der Waals surface area contributed by atoms with Crippen molar-refractivity contribution in [2.75, 3.05) is 19.6 Å². The summed E-state index contributed by atoms with van der Waals surface area (Å²) in [5, 5.41) is 3.58. The molecule has 0 bridgehead atoms. The van der Waals surface area contributed by atoms with Gasteiger partial charge in [0, 0.05) is 23.3 Å². The minimum atomic E-state index is -0.853. The summed E-state index contributed by atoms with van der Waals surface area (Å²) in [5.74, 6) is 0. The summed E-state index contributed by atoms with van der Waals surface area (Å²) in [6.45, 7) is 11.8. The number of nitrogens with one attached hydrogen (secondary N) is 1. The molecule has 2 rings (SSSR count). The van der Waals surface area contributed by atoms with Gasteiger partial charge in [-0.3, -0.25) is 0 Å². The van der Waals surface area contributed by atoms with Crippen LogP contribution in [0.4, 0.5) is 0 Å². The van der Waals surface area contributed by atoms with Crippen LogP contribution in [-0.2, 0) is 11.4 Å². The van der Waals surface area contributed by atoms with Crippen LogP contribution < -0.4 is 5.32 Å². The smallest absolute Gasteiger partial charge is 0.137 e. The first-order valence-electron chi connectivity index (χ1n) is 7.30. The van der Waals surface area contributed by atoms with Crippen LogP contribution in [-0.4, -0.2) is 39.3 Å². The fraction of sp³-hybridized carbons (Fsp3) is 1.00. The average Bonchev–Trinajstić information content (AvgIpc) is 2.51. The van der Waals surface area contributed by atoms with E-state index < -0.39 is 11.4 Å². The Morgan fingerprint density at radius 1 is 1.39 bits per heavy atom. The van der Waals surface area contributed by atoms with Crippen molar-refractivity contribution < 1.29 is 4.55 Å². The van der Waals surface area contributed by atoms with Crippen molar-refractivity contribution >= 4 is 11.4 Å². The predicted molar refractivity (Wildman–Crippen MR) is 77.8 cm³/mol. The third-order valence-electron chi connectivity index (χ3n) is 4.40. The van der Waals surface area contributed by atoms with Gasteiger partial charge in [-0.25, -0.2) is 0 Å². The van der Waals surface area contributed by atoms with Gasteiger partial charge in [-0.05, 0) is 46.6 Å². The van der Waals surface area contributed by atoms with E-state index in [9.17, 15) is 4.55 Å². The molecule has 0 aromatic rings. The minimum Gasteiger partial charge on any atom is -0.597 e. The lowest BCUT2D eigenvalue weighted by Crippen LogP contribution is -2.70. The molecule has 3 atom stereocenters. The quantitative estimate of drug-likeness (QED) is 0.784. The molecule has 4 heteroatoms. The Morgan fingerprint density at radius 3 is 2.72 bits per heavy atom. The van der Waals surface area contributed by atoms with Gasteiger partial charge < -0.3 is 9.87 Å². The van der Waals surface area contributed by atoms with E-state index >= 15 is 0 Å². The van der Waals surface area contributed by atoms with Gasteiger partial charge >= 0.3 is 0 Å². The van der Waals surface area contributed by atoms with Crippen LogP contribution in [0.2, 0.25) is 0 Å². The fourth-order valence-electron chi connectivity index (χ4n) is 3.45. The molecule has 1 spiro atoms. The molecule has 2 saturated heterocycles. The molecule has 0 saturated carbocycles. The Balaban J connectivity index is 2.06. The largest absolute Gasteiger partial charge is 0.597 e. The third kappa shape index (κ3) is 2.58. The molecule has 1 unspecified atom stereocenters. The van der Waals surface area contributed by atoms with Gasteiger partial charge in [0.05, 0.1) is 12.6 Å². The molecule has 106 valence electrons. The first-order valence-corrected chi connectivity index (χ1v) is 8.41. The molecular weight excluding hydrogens is 244 g/mol. The van der Waals surface area contributed by atoms with E-state index in [4.69, 9.17) is 0 Å². The van der Waals surface area contributed by atoms with Crippen LogP contribution in [0.15, 0.2) is 0 Å². The van der Waals surface area contributed by atoms with Crippen molar-refractivity contribution in [3.05, 3.63) is 0 Å². The first kappa shape index (κ1) is 14.6. The monoisotopic (exact) mass is 272 g/mol. The second kappa shape index (κ2) is 5.31. The zero-order valence-corrected chi connectivity index (χ0v) is 13.1. The molecule has 0 aromatic carbocycles. The summed E-state index contributed by atoms with van der Waals surface area (Å²) >= 11 is -0.853. The third-order valence-corrected chi connectivity index (χ3v) is 6.26. The van der Waals surface area contributed by atoms with Crippen LogP contribution in [0.5, 0.6) is 0 Å². The number of hydrogen-bond donors (Lipinski definition) is 1. The number of nitrogens with zero attached hydrogens (tertiary/aromatic N) is 1. The highest BCUT2D eigenvalue weighted by molar-refractivity contribution is 7.90. The van der Waals surface area contributed by atoms with Crippen molar-refractivity contribution in [2.45, 2.75) is 64.2 Å². The maximum absolute atomic E-state index is 12.5. The van der Waals surface area contributed by atoms with Crippen LogP contribution in [0.1, 0.15) is 53.4 Å². The Hall–Kier alpha value is 0.230. The number of rotatable bonds is 2. The van der Waals surface area contributed by atoms with E-state index in [0.717, 1.165) is 26.1 Å². The molecule has 18 heavy (non-hydrogen) atoms. The Bertz CT molecular complexity index is 282. The molecule has 0 aliphatic carbocycles. The Morgan fingerprint density at radius 2 is 2.11 bits per heavy atom. The second-order valence-corrected chi connectivity index (χ2v) is 9.05. The van der Waals surface area contributed by atoms with E-state index in [1.165, 1.54) is 19.3 Å². The molecule has 2 aliphatic rings. The standard InChI is InChI=1S/C14H28N2OS/c1-5-12-14(8-6-7-9-15-10-14)11-16(12)18(17)13(2,3)4/h12,15H,5-11H2,1-4H3/t12-,14-,18?/m1/s1. The summed E-state index contributed by atoms with van der Waals surface area (Å²) in [6.07, 6.45) is 5.03. The van der Waals surface area contributed by atoms with E-state index in [1.54, 1.807) is 0 Å². The van der Waals surface area contributed by atoms with E-state index in [-0.39, 0.29) is 4.75 Å². The highest BCUT2D eigenvalue weighted by Crippen LogP contribution is 2.47. The van der Waals surface area contributed by atoms with Gasteiger partial charge in [0.15, 0.2) is 0 Å². The lowest BCUT2D eigenvalue weighted by Gasteiger charge is -2.57. The molecule has 2 fully saturated rings. The summed E-state index contributed by atoms with van der Waals surface area (Å²) in [5.41, 5.74) is 0.395. The lowest BCUT2D eigenvalue weighted by molar-refractivity contribution is -0.0182. The van der Waals surface area contributed by atoms with E-state index in [1.807, 2.05) is 0 Å². The lowest BCUT2D eigenvalue weighted by atomic mass is 9.69. The van der Waals surface area contributed by atoms with Gasteiger partial charge in [-0.1, -0.05) is 13.3 Å². The summed E-state index contributed by atoms with van der Waals surface area (Å²) in [6, 6.07) is 0.503. The maximum atomic E-state index is 12.5. The van der Waals surface area contributed by atoms with Gasteiger partial charge in [0.1, 0.15) is 4.75 Å². The topological polar surface area (TPSA) is 38.3 Å². The van der Waals surface area contributed by atoms with Crippen molar-refractivity contribution in [3.8, 4) is 0 Å². The second-order valence-electron chi connectivity index (χ2n) is 6.86. The minimum absolute atomic E-state index is 0.132. The van der Waals surface area contributed by atoms with E-state index in [0.29, 0.717) is 11.5 Å². The molecule has 2 heterocycles. The normalized spacial score (nSPS) is 36.2. The Kier molecular flexibility index (Phi) is 4.32. The van der Waals surface area contributed by atoms with E-state index in [2.05, 4.69) is 37.3 Å². The van der Waals surface area contributed by atoms with Crippen molar-refractivity contribution in [2.24, 2.45) is 5.41 Å². The van der Waals surface area contributed by atoms with Crippen LogP contribution >= 0.6 is 0 Å². The van der Waals surface area contributed by atoms with Gasteiger partial charge in [-0.15, -0.1) is 4.31 Å². The SMILES string of the molecule is CC[C@H]1N([S+]([O-])C(C)(C)C)C[C@]12CCCCNC2. The predicted octanol–water partition coefficient (Wildman–Crippen LogP) is 2.30. The van der Waals surface area contributed by atoms with Crippen LogP contribution in [0, 0.1) is 5.41 Å². The molecule has 1 N–H and O–H groups in total. The van der Waals surface area contributed by atoms with Crippen LogP contribution in [0.3, 0.4) is 0 Å². The highest BCUT2D eigenvalue weighted by atomic mass is 32.2. The molecular formula is C14H28N2OS.